The maximum atomic E-state index is 11.8. The summed E-state index contributed by atoms with van der Waals surface area (Å²) in [5, 5.41) is 13.1. The molecule has 0 aliphatic carbocycles. The topological polar surface area (TPSA) is 101 Å². The third-order valence-corrected chi connectivity index (χ3v) is 3.68. The SMILES string of the molecule is CC(NS(=O)(=O)CCC(C)(C)C)c1nn[nH]n1. The first-order valence-electron chi connectivity index (χ1n) is 5.43. The summed E-state index contributed by atoms with van der Waals surface area (Å²) in [5.41, 5.74) is -0.00979. The van der Waals surface area contributed by atoms with Gasteiger partial charge < -0.3 is 0 Å². The molecule has 1 unspecified atom stereocenters. The van der Waals surface area contributed by atoms with Gasteiger partial charge in [-0.1, -0.05) is 26.0 Å². The first kappa shape index (κ1) is 14.0. The molecule has 0 saturated heterocycles. The molecule has 98 valence electrons. The van der Waals surface area contributed by atoms with Crippen LogP contribution in [-0.4, -0.2) is 34.8 Å². The second-order valence-corrected chi connectivity index (χ2v) is 7.11. The second-order valence-electron chi connectivity index (χ2n) is 5.24. The van der Waals surface area contributed by atoms with Crippen molar-refractivity contribution in [2.24, 2.45) is 5.41 Å². The van der Waals surface area contributed by atoms with Crippen LogP contribution in [0.3, 0.4) is 0 Å². The van der Waals surface area contributed by atoms with E-state index in [1.807, 2.05) is 20.8 Å². The minimum atomic E-state index is -3.31. The third-order valence-electron chi connectivity index (χ3n) is 2.23. The van der Waals surface area contributed by atoms with Gasteiger partial charge in [0, 0.05) is 0 Å². The molecule has 0 aliphatic heterocycles. The molecule has 1 rings (SSSR count). The number of tetrazole rings is 1. The minimum Gasteiger partial charge on any atom is -0.212 e. The summed E-state index contributed by atoms with van der Waals surface area (Å²) < 4.78 is 26.1. The van der Waals surface area contributed by atoms with Crippen molar-refractivity contribution in [2.45, 2.75) is 40.2 Å². The molecule has 0 aromatic carbocycles. The summed E-state index contributed by atoms with van der Waals surface area (Å²) in [7, 11) is -3.31. The summed E-state index contributed by atoms with van der Waals surface area (Å²) in [4.78, 5) is 0. The van der Waals surface area contributed by atoms with Crippen molar-refractivity contribution >= 4 is 10.0 Å². The Hall–Kier alpha value is -1.02. The van der Waals surface area contributed by atoms with Gasteiger partial charge in [0.25, 0.3) is 0 Å². The van der Waals surface area contributed by atoms with Crippen LogP contribution >= 0.6 is 0 Å². The normalized spacial score (nSPS) is 14.8. The van der Waals surface area contributed by atoms with Gasteiger partial charge in [-0.2, -0.15) is 5.21 Å². The fourth-order valence-corrected chi connectivity index (χ4v) is 2.82. The summed E-state index contributed by atoms with van der Waals surface area (Å²) in [6.45, 7) is 7.70. The number of hydrogen-bond acceptors (Lipinski definition) is 5. The zero-order chi connectivity index (χ0) is 13.1. The van der Waals surface area contributed by atoms with Crippen molar-refractivity contribution < 1.29 is 8.42 Å². The Morgan fingerprint density at radius 2 is 2.06 bits per heavy atom. The molecule has 0 amide bonds. The molecule has 0 aliphatic rings. The van der Waals surface area contributed by atoms with Gasteiger partial charge in [-0.15, -0.1) is 10.2 Å². The Morgan fingerprint density at radius 3 is 2.53 bits per heavy atom. The molecule has 1 atom stereocenters. The van der Waals surface area contributed by atoms with E-state index >= 15 is 0 Å². The molecule has 0 bridgehead atoms. The molecule has 1 aromatic heterocycles. The van der Waals surface area contributed by atoms with Gasteiger partial charge >= 0.3 is 0 Å². The zero-order valence-corrected chi connectivity index (χ0v) is 11.4. The van der Waals surface area contributed by atoms with Crippen molar-refractivity contribution in [1.82, 2.24) is 25.3 Å². The van der Waals surface area contributed by atoms with Crippen LogP contribution in [0.4, 0.5) is 0 Å². The van der Waals surface area contributed by atoms with E-state index in [4.69, 9.17) is 0 Å². The molecule has 17 heavy (non-hydrogen) atoms. The number of aromatic amines is 1. The Balaban J connectivity index is 2.55. The maximum Gasteiger partial charge on any atom is 0.212 e. The van der Waals surface area contributed by atoms with Crippen molar-refractivity contribution in [1.29, 1.82) is 0 Å². The molecule has 0 fully saturated rings. The fourth-order valence-electron chi connectivity index (χ4n) is 1.17. The summed E-state index contributed by atoms with van der Waals surface area (Å²) in [5.74, 6) is 0.433. The number of nitrogens with one attached hydrogen (secondary N) is 2. The summed E-state index contributed by atoms with van der Waals surface area (Å²) in [6, 6.07) is -0.473. The van der Waals surface area contributed by atoms with Crippen LogP contribution in [0, 0.1) is 5.41 Å². The van der Waals surface area contributed by atoms with E-state index in [9.17, 15) is 8.42 Å². The smallest absolute Gasteiger partial charge is 0.212 e. The predicted molar refractivity (Wildman–Crippen MR) is 63.6 cm³/mol. The van der Waals surface area contributed by atoms with Crippen LogP contribution in [0.1, 0.15) is 46.0 Å². The van der Waals surface area contributed by atoms with Gasteiger partial charge in [0.2, 0.25) is 10.0 Å². The number of rotatable bonds is 5. The fraction of sp³-hybridized carbons (Fsp3) is 0.889. The number of sulfonamides is 1. The van der Waals surface area contributed by atoms with Crippen molar-refractivity contribution in [3.63, 3.8) is 0 Å². The van der Waals surface area contributed by atoms with Gasteiger partial charge in [0.1, 0.15) is 0 Å². The highest BCUT2D eigenvalue weighted by molar-refractivity contribution is 7.89. The standard InChI is InChI=1S/C9H19N5O2S/c1-7(8-10-13-14-11-8)12-17(15,16)6-5-9(2,3)4/h7,12H,5-6H2,1-4H3,(H,10,11,13,14). The lowest BCUT2D eigenvalue weighted by molar-refractivity contribution is 0.395. The van der Waals surface area contributed by atoms with Gasteiger partial charge in [-0.05, 0) is 18.8 Å². The Labute approximate surface area is 101 Å². The van der Waals surface area contributed by atoms with Crippen LogP contribution in [0.2, 0.25) is 0 Å². The van der Waals surface area contributed by atoms with Crippen LogP contribution in [-0.2, 0) is 10.0 Å². The lowest BCUT2D eigenvalue weighted by Gasteiger charge is -2.18. The van der Waals surface area contributed by atoms with Crippen molar-refractivity contribution in [3.8, 4) is 0 Å². The largest absolute Gasteiger partial charge is 0.212 e. The summed E-state index contributed by atoms with van der Waals surface area (Å²) in [6.07, 6.45) is 0.599. The Morgan fingerprint density at radius 1 is 1.41 bits per heavy atom. The predicted octanol–water partition coefficient (Wildman–Crippen LogP) is 0.616. The van der Waals surface area contributed by atoms with Crippen LogP contribution in [0.25, 0.3) is 0 Å². The van der Waals surface area contributed by atoms with E-state index in [1.54, 1.807) is 6.92 Å². The molecule has 0 spiro atoms. The Bertz CT molecular complexity index is 434. The Kier molecular flexibility index (Phi) is 4.21. The molecule has 1 heterocycles. The van der Waals surface area contributed by atoms with E-state index in [2.05, 4.69) is 25.3 Å². The zero-order valence-electron chi connectivity index (χ0n) is 10.6. The van der Waals surface area contributed by atoms with Gasteiger partial charge in [-0.25, -0.2) is 13.1 Å². The number of hydrogen-bond donors (Lipinski definition) is 2. The highest BCUT2D eigenvalue weighted by Gasteiger charge is 2.21. The second kappa shape index (κ2) is 5.09. The van der Waals surface area contributed by atoms with Gasteiger partial charge in [-0.3, -0.25) is 0 Å². The molecular weight excluding hydrogens is 242 g/mol. The van der Waals surface area contributed by atoms with Crippen LogP contribution < -0.4 is 4.72 Å². The first-order chi connectivity index (χ1) is 7.70. The average molecular weight is 261 g/mol. The van der Waals surface area contributed by atoms with E-state index < -0.39 is 16.1 Å². The van der Waals surface area contributed by atoms with E-state index in [0.717, 1.165) is 0 Å². The molecule has 0 radical (unpaired) electrons. The lowest BCUT2D eigenvalue weighted by atomic mass is 9.94. The molecule has 2 N–H and O–H groups in total. The lowest BCUT2D eigenvalue weighted by Crippen LogP contribution is -2.31. The van der Waals surface area contributed by atoms with E-state index in [1.165, 1.54) is 0 Å². The maximum absolute atomic E-state index is 11.8. The summed E-state index contributed by atoms with van der Waals surface area (Å²) >= 11 is 0. The highest BCUT2D eigenvalue weighted by atomic mass is 32.2. The monoisotopic (exact) mass is 261 g/mol. The van der Waals surface area contributed by atoms with Crippen molar-refractivity contribution in [3.05, 3.63) is 5.82 Å². The number of aromatic nitrogens is 4. The molecule has 1 aromatic rings. The molecule has 7 nitrogen and oxygen atoms in total. The molecule has 0 saturated carbocycles. The van der Waals surface area contributed by atoms with E-state index in [-0.39, 0.29) is 11.2 Å². The number of H-pyrrole nitrogens is 1. The van der Waals surface area contributed by atoms with Gasteiger partial charge in [0.05, 0.1) is 11.8 Å². The van der Waals surface area contributed by atoms with Crippen LogP contribution in [0.5, 0.6) is 0 Å². The molecule has 8 heteroatoms. The minimum absolute atomic E-state index is 0.00979. The van der Waals surface area contributed by atoms with Gasteiger partial charge in [0.15, 0.2) is 5.82 Å². The quantitative estimate of drug-likeness (QED) is 0.809. The van der Waals surface area contributed by atoms with Crippen LogP contribution in [0.15, 0.2) is 0 Å². The van der Waals surface area contributed by atoms with Crippen molar-refractivity contribution in [2.75, 3.05) is 5.75 Å². The average Bonchev–Trinajstić information content (AvgIpc) is 2.66. The van der Waals surface area contributed by atoms with E-state index in [0.29, 0.717) is 12.2 Å². The highest BCUT2D eigenvalue weighted by Crippen LogP contribution is 2.19. The third kappa shape index (κ3) is 5.22. The number of nitrogens with zero attached hydrogens (tertiary/aromatic N) is 3. The first-order valence-corrected chi connectivity index (χ1v) is 7.08. The molecular formula is C9H19N5O2S.